The Hall–Kier alpha value is -3.97. The van der Waals surface area contributed by atoms with Crippen molar-refractivity contribution in [2.24, 2.45) is 23.7 Å². The van der Waals surface area contributed by atoms with Crippen molar-refractivity contribution in [1.29, 1.82) is 0 Å². The molecule has 0 bridgehead atoms. The van der Waals surface area contributed by atoms with Gasteiger partial charge in [-0.1, -0.05) is 102 Å². The summed E-state index contributed by atoms with van der Waals surface area (Å²) < 4.78 is 5.44. The van der Waals surface area contributed by atoms with E-state index >= 15 is 0 Å². The molecule has 57 heavy (non-hydrogen) atoms. The average molecular weight is 805 g/mol. The van der Waals surface area contributed by atoms with Gasteiger partial charge in [-0.3, -0.25) is 24.1 Å². The van der Waals surface area contributed by atoms with Crippen LogP contribution in [0.3, 0.4) is 0 Å². The second-order valence-electron chi connectivity index (χ2n) is 16.2. The van der Waals surface area contributed by atoms with Crippen LogP contribution in [0, 0.1) is 23.7 Å². The van der Waals surface area contributed by atoms with Gasteiger partial charge in [0.15, 0.2) is 5.78 Å². The van der Waals surface area contributed by atoms with Gasteiger partial charge in [-0.2, -0.15) is 0 Å². The number of carbonyl (C=O) groups excluding carboxylic acids is 3. The summed E-state index contributed by atoms with van der Waals surface area (Å²) in [5.74, 6) is -2.63. The second-order valence-corrected chi connectivity index (χ2v) is 17.1. The maximum absolute atomic E-state index is 14.6. The summed E-state index contributed by atoms with van der Waals surface area (Å²) >= 11 is 1.17. The fraction of sp³-hybridized carbons (Fsp3) is 0.578. The number of likely N-dealkylation sites (N-methyl/N-ethyl adjacent to an activating group) is 1. The Morgan fingerprint density at radius 2 is 1.68 bits per heavy atom. The van der Waals surface area contributed by atoms with E-state index in [0.29, 0.717) is 24.6 Å². The fourth-order valence-electron chi connectivity index (χ4n) is 7.86. The molecule has 2 heterocycles. The molecule has 2 amide bonds. The van der Waals surface area contributed by atoms with E-state index in [1.807, 2.05) is 89.3 Å². The van der Waals surface area contributed by atoms with Crippen LogP contribution < -0.4 is 5.32 Å². The summed E-state index contributed by atoms with van der Waals surface area (Å²) in [6.07, 6.45) is 3.59. The van der Waals surface area contributed by atoms with E-state index in [4.69, 9.17) is 4.74 Å². The maximum Gasteiger partial charge on any atom is 0.306 e. The van der Waals surface area contributed by atoms with E-state index < -0.39 is 41.9 Å². The minimum absolute atomic E-state index is 0.0193. The first-order valence-electron chi connectivity index (χ1n) is 20.6. The lowest BCUT2D eigenvalue weighted by molar-refractivity contribution is -0.145. The number of aliphatic hydroxyl groups excluding tert-OH is 1. The third kappa shape index (κ3) is 13.0. The Kier molecular flexibility index (Phi) is 17.9. The number of ether oxygens (including phenoxy) is 1. The van der Waals surface area contributed by atoms with Crippen LogP contribution >= 0.6 is 11.3 Å². The highest BCUT2D eigenvalue weighted by Crippen LogP contribution is 2.32. The molecule has 1 saturated heterocycles. The fourth-order valence-corrected chi connectivity index (χ4v) is 8.65. The van der Waals surface area contributed by atoms with E-state index in [9.17, 15) is 29.4 Å². The van der Waals surface area contributed by atoms with Gasteiger partial charge >= 0.3 is 5.97 Å². The van der Waals surface area contributed by atoms with Crippen LogP contribution in [0.25, 0.3) is 11.1 Å². The molecule has 0 aliphatic carbocycles. The molecule has 3 N–H and O–H groups in total. The molecule has 12 heteroatoms. The van der Waals surface area contributed by atoms with Crippen LogP contribution in [-0.2, 0) is 25.5 Å². The first-order valence-corrected chi connectivity index (χ1v) is 21.5. The van der Waals surface area contributed by atoms with E-state index in [-0.39, 0.29) is 54.5 Å². The van der Waals surface area contributed by atoms with Crippen molar-refractivity contribution in [3.8, 4) is 11.1 Å². The Morgan fingerprint density at radius 3 is 2.30 bits per heavy atom. The SMILES string of the molecule is CCC(C)C(CC(=O)C1CCCCN1C)C(=O)N(CCOC)C(CC(O)c1nc(C(=O)NC(Cc2ccc(-c3ccccc3)cc2)CC(C)C(=O)O)cs1)C(C)C. The maximum atomic E-state index is 14.6. The van der Waals surface area contributed by atoms with Crippen molar-refractivity contribution in [2.45, 2.75) is 110 Å². The minimum Gasteiger partial charge on any atom is -0.481 e. The number of aliphatic carboxylic acids is 1. The number of aliphatic hydroxyl groups is 1. The van der Waals surface area contributed by atoms with Gasteiger partial charge in [0.1, 0.15) is 16.8 Å². The summed E-state index contributed by atoms with van der Waals surface area (Å²) in [7, 11) is 3.58. The van der Waals surface area contributed by atoms with Crippen LogP contribution in [-0.4, -0.2) is 101 Å². The molecule has 1 fully saturated rings. The smallest absolute Gasteiger partial charge is 0.306 e. The molecular formula is C45H64N4O7S. The molecule has 0 radical (unpaired) electrons. The molecular weight excluding hydrogens is 741 g/mol. The number of benzene rings is 2. The normalized spacial score (nSPS) is 17.9. The van der Waals surface area contributed by atoms with Crippen LogP contribution in [0.1, 0.15) is 107 Å². The monoisotopic (exact) mass is 804 g/mol. The minimum atomic E-state index is -1.06. The molecule has 1 aromatic heterocycles. The molecule has 7 atom stereocenters. The van der Waals surface area contributed by atoms with Crippen molar-refractivity contribution in [3.63, 3.8) is 0 Å². The summed E-state index contributed by atoms with van der Waals surface area (Å²) in [6, 6.07) is 17.0. The number of methoxy groups -OCH3 is 1. The Morgan fingerprint density at radius 1 is 1.00 bits per heavy atom. The zero-order valence-corrected chi connectivity index (χ0v) is 35.7. The van der Waals surface area contributed by atoms with Gasteiger partial charge in [-0.15, -0.1) is 11.3 Å². The van der Waals surface area contributed by atoms with Crippen LogP contribution in [0.2, 0.25) is 0 Å². The first kappa shape index (κ1) is 45.7. The van der Waals surface area contributed by atoms with Gasteiger partial charge in [0, 0.05) is 49.9 Å². The van der Waals surface area contributed by atoms with E-state index in [1.54, 1.807) is 24.3 Å². The Bertz CT molecular complexity index is 1730. The zero-order valence-electron chi connectivity index (χ0n) is 34.9. The molecule has 3 aromatic rings. The highest BCUT2D eigenvalue weighted by Gasteiger charge is 2.38. The number of carboxylic acid groups (broad SMARTS) is 1. The van der Waals surface area contributed by atoms with Crippen molar-refractivity contribution in [3.05, 3.63) is 76.2 Å². The first-order chi connectivity index (χ1) is 27.2. The number of hydrogen-bond acceptors (Lipinski definition) is 9. The average Bonchev–Trinajstić information content (AvgIpc) is 3.71. The highest BCUT2D eigenvalue weighted by molar-refractivity contribution is 7.09. The van der Waals surface area contributed by atoms with Crippen LogP contribution in [0.4, 0.5) is 0 Å². The molecule has 312 valence electrons. The van der Waals surface area contributed by atoms with Crippen LogP contribution in [0.5, 0.6) is 0 Å². The summed E-state index contributed by atoms with van der Waals surface area (Å²) in [4.78, 5) is 62.1. The number of aromatic nitrogens is 1. The second kappa shape index (κ2) is 22.3. The molecule has 2 aromatic carbocycles. The summed E-state index contributed by atoms with van der Waals surface area (Å²) in [5, 5.41) is 26.3. The van der Waals surface area contributed by atoms with Gasteiger partial charge in [0.05, 0.1) is 18.6 Å². The van der Waals surface area contributed by atoms with Crippen molar-refractivity contribution in [1.82, 2.24) is 20.1 Å². The molecule has 1 aliphatic rings. The van der Waals surface area contributed by atoms with Crippen molar-refractivity contribution >= 4 is 34.9 Å². The molecule has 0 spiro atoms. The van der Waals surface area contributed by atoms with E-state index in [2.05, 4.69) is 15.2 Å². The summed E-state index contributed by atoms with van der Waals surface area (Å²) in [5.41, 5.74) is 3.25. The van der Waals surface area contributed by atoms with Crippen LogP contribution in [0.15, 0.2) is 60.0 Å². The zero-order chi connectivity index (χ0) is 41.6. The highest BCUT2D eigenvalue weighted by atomic mass is 32.1. The molecule has 4 rings (SSSR count). The Balaban J connectivity index is 1.49. The lowest BCUT2D eigenvalue weighted by Crippen LogP contribution is -2.50. The number of carboxylic acids is 1. The summed E-state index contributed by atoms with van der Waals surface area (Å²) in [6.45, 7) is 11.2. The quantitative estimate of drug-likeness (QED) is 0.0952. The largest absolute Gasteiger partial charge is 0.481 e. The number of piperidine rings is 1. The van der Waals surface area contributed by atoms with Gasteiger partial charge in [0.25, 0.3) is 5.91 Å². The number of hydrogen-bond donors (Lipinski definition) is 3. The number of Topliss-reactive ketones (excluding diaryl/α,β-unsaturated/α-hetero) is 1. The third-order valence-electron chi connectivity index (χ3n) is 11.6. The van der Waals surface area contributed by atoms with E-state index in [0.717, 1.165) is 48.9 Å². The van der Waals surface area contributed by atoms with E-state index in [1.165, 1.54) is 11.3 Å². The van der Waals surface area contributed by atoms with Gasteiger partial charge < -0.3 is 25.2 Å². The molecule has 1 aliphatic heterocycles. The number of ketones is 1. The van der Waals surface area contributed by atoms with Crippen molar-refractivity contribution in [2.75, 3.05) is 33.9 Å². The number of amides is 2. The molecule has 0 saturated carbocycles. The van der Waals surface area contributed by atoms with Crippen molar-refractivity contribution < 1.29 is 34.1 Å². The van der Waals surface area contributed by atoms with Gasteiger partial charge in [0.2, 0.25) is 5.91 Å². The van der Waals surface area contributed by atoms with Gasteiger partial charge in [-0.05, 0) is 67.8 Å². The topological polar surface area (TPSA) is 149 Å². The number of nitrogens with zero attached hydrogens (tertiary/aromatic N) is 3. The molecule has 7 unspecified atom stereocenters. The third-order valence-corrected chi connectivity index (χ3v) is 12.6. The predicted molar refractivity (Wildman–Crippen MR) is 225 cm³/mol. The Labute approximate surface area is 343 Å². The number of nitrogens with one attached hydrogen (secondary N) is 1. The number of rotatable bonds is 22. The number of thiazole rings is 1. The lowest BCUT2D eigenvalue weighted by atomic mass is 9.82. The van der Waals surface area contributed by atoms with Gasteiger partial charge in [-0.25, -0.2) is 4.98 Å². The number of likely N-dealkylation sites (tertiary alicyclic amines) is 1. The number of carbonyl (C=O) groups is 4. The molecule has 11 nitrogen and oxygen atoms in total. The standard InChI is InChI=1S/C45H64N4O7S/c1-8-30(4)36(26-40(50)38-16-12-13-21-48(38)6)44(53)49(22-23-56-7)39(29(2)3)27-41(51)43-47-37(28-57-43)42(52)46-35(24-31(5)45(54)55)25-32-17-19-34(20-18-32)33-14-10-9-11-15-33/h9-11,14-15,17-20,28-31,35-36,38-39,41,51H,8,12-13,16,21-27H2,1-7H3,(H,46,52)(H,54,55). The lowest BCUT2D eigenvalue weighted by Gasteiger charge is -2.39. The predicted octanol–water partition coefficient (Wildman–Crippen LogP) is 7.29.